The van der Waals surface area contributed by atoms with E-state index in [0.29, 0.717) is 6.54 Å². The molecule has 0 radical (unpaired) electrons. The summed E-state index contributed by atoms with van der Waals surface area (Å²) in [5, 5.41) is 2.91. The summed E-state index contributed by atoms with van der Waals surface area (Å²) in [4.78, 5) is 43.0. The van der Waals surface area contributed by atoms with Gasteiger partial charge in [-0.1, -0.05) is 25.0 Å². The Hall–Kier alpha value is -2.70. The number of nitrogens with zero attached hydrogens (tertiary/aromatic N) is 3. The van der Waals surface area contributed by atoms with Gasteiger partial charge < -0.3 is 9.88 Å². The van der Waals surface area contributed by atoms with Crippen molar-refractivity contribution in [2.45, 2.75) is 52.0 Å². The Balaban J connectivity index is 1.22. The second-order valence-electron chi connectivity index (χ2n) is 8.08. The average molecular weight is 396 g/mol. The smallest absolute Gasteiger partial charge is 0.233 e. The third-order valence-electron chi connectivity index (χ3n) is 6.22. The lowest BCUT2D eigenvalue weighted by molar-refractivity contribution is -0.140. The number of fused-ring (bicyclic) bond motifs is 2. The Labute approximate surface area is 170 Å². The molecule has 0 bridgehead atoms. The number of benzene rings is 1. The normalized spacial score (nSPS) is 21.6. The monoisotopic (exact) mass is 396 g/mol. The molecule has 0 spiro atoms. The van der Waals surface area contributed by atoms with E-state index in [2.05, 4.69) is 20.9 Å². The largest absolute Gasteiger partial charge is 0.356 e. The van der Waals surface area contributed by atoms with Crippen molar-refractivity contribution in [3.05, 3.63) is 30.1 Å². The Morgan fingerprint density at radius 3 is 2.52 bits per heavy atom. The van der Waals surface area contributed by atoms with Crippen molar-refractivity contribution in [1.82, 2.24) is 19.8 Å². The quantitative estimate of drug-likeness (QED) is 0.575. The molecule has 29 heavy (non-hydrogen) atoms. The zero-order valence-electron chi connectivity index (χ0n) is 16.9. The molecule has 1 aliphatic carbocycles. The van der Waals surface area contributed by atoms with E-state index >= 15 is 0 Å². The Bertz CT molecular complexity index is 911. The van der Waals surface area contributed by atoms with E-state index in [9.17, 15) is 14.4 Å². The van der Waals surface area contributed by atoms with Gasteiger partial charge in [-0.25, -0.2) is 4.98 Å². The molecule has 2 aliphatic rings. The number of hydrogen-bond donors (Lipinski definition) is 1. The van der Waals surface area contributed by atoms with Gasteiger partial charge in [-0.3, -0.25) is 19.3 Å². The number of aryl methyl sites for hydroxylation is 2. The summed E-state index contributed by atoms with van der Waals surface area (Å²) in [6.07, 6.45) is 4.60. The van der Waals surface area contributed by atoms with Crippen molar-refractivity contribution < 1.29 is 14.4 Å². The van der Waals surface area contributed by atoms with Crippen LogP contribution in [0, 0.1) is 18.8 Å². The van der Waals surface area contributed by atoms with Crippen LogP contribution in [0.2, 0.25) is 0 Å². The van der Waals surface area contributed by atoms with Gasteiger partial charge in [0.05, 0.1) is 22.9 Å². The van der Waals surface area contributed by atoms with Crippen LogP contribution in [-0.4, -0.2) is 45.3 Å². The zero-order valence-corrected chi connectivity index (χ0v) is 16.9. The minimum absolute atomic E-state index is 0.0741. The van der Waals surface area contributed by atoms with Gasteiger partial charge in [0.25, 0.3) is 0 Å². The van der Waals surface area contributed by atoms with E-state index in [1.807, 2.05) is 25.1 Å². The van der Waals surface area contributed by atoms with Gasteiger partial charge in [-0.2, -0.15) is 0 Å². The number of para-hydroxylation sites is 2. The second kappa shape index (κ2) is 8.35. The Morgan fingerprint density at radius 1 is 1.10 bits per heavy atom. The van der Waals surface area contributed by atoms with Gasteiger partial charge in [0.1, 0.15) is 5.82 Å². The molecule has 7 heteroatoms. The van der Waals surface area contributed by atoms with Gasteiger partial charge in [0.15, 0.2) is 0 Å². The molecular weight excluding hydrogens is 368 g/mol. The molecule has 1 aliphatic heterocycles. The highest BCUT2D eigenvalue weighted by atomic mass is 16.2. The lowest BCUT2D eigenvalue weighted by Crippen LogP contribution is -2.35. The van der Waals surface area contributed by atoms with Crippen molar-refractivity contribution in [2.75, 3.05) is 13.1 Å². The van der Waals surface area contributed by atoms with Crippen molar-refractivity contribution in [1.29, 1.82) is 0 Å². The third-order valence-corrected chi connectivity index (χ3v) is 6.22. The van der Waals surface area contributed by atoms with Crippen molar-refractivity contribution in [2.24, 2.45) is 11.8 Å². The van der Waals surface area contributed by atoms with Gasteiger partial charge in [-0.05, 0) is 38.3 Å². The van der Waals surface area contributed by atoms with E-state index < -0.39 is 0 Å². The molecule has 2 unspecified atom stereocenters. The maximum atomic E-state index is 12.5. The van der Waals surface area contributed by atoms with Crippen LogP contribution in [0.5, 0.6) is 0 Å². The highest BCUT2D eigenvalue weighted by Crippen LogP contribution is 2.37. The zero-order chi connectivity index (χ0) is 20.4. The topological polar surface area (TPSA) is 84.3 Å². The first-order chi connectivity index (χ1) is 14.1. The fraction of sp³-hybridized carbons (Fsp3) is 0.545. The summed E-state index contributed by atoms with van der Waals surface area (Å²) in [5.41, 5.74) is 2.08. The molecule has 2 aromatic rings. The summed E-state index contributed by atoms with van der Waals surface area (Å²) < 4.78 is 2.16. The molecule has 2 heterocycles. The van der Waals surface area contributed by atoms with Gasteiger partial charge in [-0.15, -0.1) is 0 Å². The summed E-state index contributed by atoms with van der Waals surface area (Å²) in [5.74, 6) is 0.405. The highest BCUT2D eigenvalue weighted by Gasteiger charge is 2.47. The number of carbonyl (C=O) groups is 3. The third kappa shape index (κ3) is 3.91. The molecule has 1 saturated carbocycles. The Morgan fingerprint density at radius 2 is 1.79 bits per heavy atom. The molecule has 2 fully saturated rings. The van der Waals surface area contributed by atoms with Crippen LogP contribution in [0.15, 0.2) is 24.3 Å². The minimum atomic E-state index is -0.146. The highest BCUT2D eigenvalue weighted by molar-refractivity contribution is 6.05. The van der Waals surface area contributed by atoms with E-state index in [4.69, 9.17) is 0 Å². The number of rotatable bonds is 7. The fourth-order valence-corrected chi connectivity index (χ4v) is 4.70. The van der Waals surface area contributed by atoms with E-state index in [1.165, 1.54) is 4.90 Å². The Kier molecular flexibility index (Phi) is 5.65. The molecule has 3 amide bonds. The van der Waals surface area contributed by atoms with Crippen molar-refractivity contribution >= 4 is 28.8 Å². The number of nitrogens with one attached hydrogen (secondary N) is 1. The minimum Gasteiger partial charge on any atom is -0.356 e. The SMILES string of the molecule is Cc1nc2ccccc2n1CCCNC(=O)CCN1C(=O)C2CCCCC2C1=O. The lowest BCUT2D eigenvalue weighted by Gasteiger charge is -2.19. The number of amides is 3. The second-order valence-corrected chi connectivity index (χ2v) is 8.08. The molecule has 7 nitrogen and oxygen atoms in total. The lowest BCUT2D eigenvalue weighted by atomic mass is 9.81. The summed E-state index contributed by atoms with van der Waals surface area (Å²) in [7, 11) is 0. The van der Waals surface area contributed by atoms with Gasteiger partial charge in [0, 0.05) is 26.1 Å². The van der Waals surface area contributed by atoms with Crippen molar-refractivity contribution in [3.63, 3.8) is 0 Å². The van der Waals surface area contributed by atoms with Crippen LogP contribution < -0.4 is 5.32 Å². The predicted octanol–water partition coefficient (Wildman–Crippen LogP) is 2.42. The van der Waals surface area contributed by atoms with E-state index in [0.717, 1.165) is 55.5 Å². The molecule has 1 aromatic carbocycles. The number of aromatic nitrogens is 2. The van der Waals surface area contributed by atoms with E-state index in [1.54, 1.807) is 0 Å². The molecule has 4 rings (SSSR count). The van der Waals surface area contributed by atoms with E-state index in [-0.39, 0.29) is 42.5 Å². The molecule has 2 atom stereocenters. The van der Waals surface area contributed by atoms with Crippen LogP contribution >= 0.6 is 0 Å². The van der Waals surface area contributed by atoms with Crippen molar-refractivity contribution in [3.8, 4) is 0 Å². The molecule has 1 N–H and O–H groups in total. The maximum absolute atomic E-state index is 12.5. The number of carbonyl (C=O) groups excluding carboxylic acids is 3. The predicted molar refractivity (Wildman–Crippen MR) is 109 cm³/mol. The molecular formula is C22H28N4O3. The first-order valence-electron chi connectivity index (χ1n) is 10.6. The van der Waals surface area contributed by atoms with Crippen LogP contribution in [0.3, 0.4) is 0 Å². The molecule has 1 aromatic heterocycles. The number of imidazole rings is 1. The first-order valence-corrected chi connectivity index (χ1v) is 10.6. The fourth-order valence-electron chi connectivity index (χ4n) is 4.70. The number of hydrogen-bond acceptors (Lipinski definition) is 4. The summed E-state index contributed by atoms with van der Waals surface area (Å²) in [6, 6.07) is 8.02. The van der Waals surface area contributed by atoms with Crippen LogP contribution in [0.4, 0.5) is 0 Å². The van der Waals surface area contributed by atoms with Crippen LogP contribution in [-0.2, 0) is 20.9 Å². The number of likely N-dealkylation sites (tertiary alicyclic amines) is 1. The molecule has 154 valence electrons. The number of imide groups is 1. The standard InChI is InChI=1S/C22H28N4O3/c1-15-24-18-9-4-5-10-19(18)25(15)13-6-12-23-20(27)11-14-26-21(28)16-7-2-3-8-17(16)22(26)29/h4-5,9-10,16-17H,2-3,6-8,11-14H2,1H3,(H,23,27). The van der Waals surface area contributed by atoms with Gasteiger partial charge >= 0.3 is 0 Å². The average Bonchev–Trinajstić information content (AvgIpc) is 3.17. The summed E-state index contributed by atoms with van der Waals surface area (Å²) in [6.45, 7) is 3.51. The van der Waals surface area contributed by atoms with Gasteiger partial charge in [0.2, 0.25) is 17.7 Å². The molecule has 1 saturated heterocycles. The van der Waals surface area contributed by atoms with Crippen LogP contribution in [0.25, 0.3) is 11.0 Å². The summed E-state index contributed by atoms with van der Waals surface area (Å²) >= 11 is 0. The first kappa shape index (κ1) is 19.6. The van der Waals surface area contributed by atoms with Crippen LogP contribution in [0.1, 0.15) is 44.3 Å². The maximum Gasteiger partial charge on any atom is 0.233 e.